The molecule has 0 aliphatic carbocycles. The van der Waals surface area contributed by atoms with Gasteiger partial charge in [-0.2, -0.15) is 0 Å². The summed E-state index contributed by atoms with van der Waals surface area (Å²) >= 11 is 0. The molecule has 3 aromatic carbocycles. The summed E-state index contributed by atoms with van der Waals surface area (Å²) in [5.41, 5.74) is 2.97. The van der Waals surface area contributed by atoms with Crippen molar-refractivity contribution < 1.29 is 14.6 Å². The van der Waals surface area contributed by atoms with E-state index in [0.717, 1.165) is 11.1 Å². The minimum atomic E-state index is -0.395. The van der Waals surface area contributed by atoms with Crippen molar-refractivity contribution >= 4 is 5.97 Å². The summed E-state index contributed by atoms with van der Waals surface area (Å²) in [5.74, 6) is 0.181. The lowest BCUT2D eigenvalue weighted by atomic mass is 9.97. The van der Waals surface area contributed by atoms with Crippen LogP contribution in [0.4, 0.5) is 0 Å². The monoisotopic (exact) mass is 304 g/mol. The summed E-state index contributed by atoms with van der Waals surface area (Å²) in [4.78, 5) is 11.3. The van der Waals surface area contributed by atoms with Gasteiger partial charge in [-0.25, -0.2) is 0 Å². The molecule has 3 aromatic rings. The van der Waals surface area contributed by atoms with E-state index in [9.17, 15) is 9.90 Å². The lowest BCUT2D eigenvalue weighted by molar-refractivity contribution is -0.131. The maximum absolute atomic E-state index is 11.3. The number of hydrogen-bond donors (Lipinski definition) is 1. The number of carbonyl (C=O) groups is 1. The maximum atomic E-state index is 11.3. The van der Waals surface area contributed by atoms with Crippen molar-refractivity contribution in [2.45, 2.75) is 6.92 Å². The van der Waals surface area contributed by atoms with Gasteiger partial charge in [0.15, 0.2) is 0 Å². The predicted octanol–water partition coefficient (Wildman–Crippen LogP) is 4.65. The molecule has 3 heteroatoms. The Morgan fingerprint density at radius 3 is 1.65 bits per heavy atom. The summed E-state index contributed by atoms with van der Waals surface area (Å²) in [7, 11) is 0. The van der Waals surface area contributed by atoms with Crippen molar-refractivity contribution in [3.63, 3.8) is 0 Å². The van der Waals surface area contributed by atoms with Crippen LogP contribution >= 0.6 is 0 Å². The van der Waals surface area contributed by atoms with Crippen LogP contribution in [-0.4, -0.2) is 11.1 Å². The van der Waals surface area contributed by atoms with Gasteiger partial charge in [0.05, 0.1) is 0 Å². The third-order valence-electron chi connectivity index (χ3n) is 3.51. The van der Waals surface area contributed by atoms with Gasteiger partial charge in [0.1, 0.15) is 11.5 Å². The van der Waals surface area contributed by atoms with E-state index in [1.165, 1.54) is 6.92 Å². The van der Waals surface area contributed by atoms with Gasteiger partial charge in [-0.15, -0.1) is 0 Å². The van der Waals surface area contributed by atoms with Crippen molar-refractivity contribution in [3.8, 4) is 33.8 Å². The van der Waals surface area contributed by atoms with E-state index in [4.69, 9.17) is 4.74 Å². The number of carbonyl (C=O) groups excluding carboxylic acids is 1. The second-order valence-corrected chi connectivity index (χ2v) is 5.19. The number of aromatic hydroxyl groups is 1. The van der Waals surface area contributed by atoms with Gasteiger partial charge in [-0.3, -0.25) is 4.79 Å². The molecule has 0 heterocycles. The lowest BCUT2D eigenvalue weighted by Crippen LogP contribution is -2.01. The summed E-state index contributed by atoms with van der Waals surface area (Å²) in [6.45, 7) is 1.36. The van der Waals surface area contributed by atoms with Crippen LogP contribution < -0.4 is 4.74 Å². The van der Waals surface area contributed by atoms with Crippen molar-refractivity contribution in [3.05, 3.63) is 72.8 Å². The third-order valence-corrected chi connectivity index (χ3v) is 3.51. The number of ether oxygens (including phenoxy) is 1. The van der Waals surface area contributed by atoms with Crippen molar-refractivity contribution in [1.29, 1.82) is 0 Å². The van der Waals surface area contributed by atoms with Crippen LogP contribution in [0.2, 0.25) is 0 Å². The van der Waals surface area contributed by atoms with E-state index in [-0.39, 0.29) is 5.75 Å². The lowest BCUT2D eigenvalue weighted by Gasteiger charge is -2.13. The minimum Gasteiger partial charge on any atom is -0.507 e. The summed E-state index contributed by atoms with van der Waals surface area (Å²) < 4.78 is 5.24. The summed E-state index contributed by atoms with van der Waals surface area (Å²) in [6.07, 6.45) is 0. The molecule has 0 radical (unpaired) electrons. The molecule has 0 aromatic heterocycles. The standard InChI is InChI=1S/C20H16O3/c1-14(21)23-17-12-18(15-8-4-2-5-9-15)20(22)19(13-17)16-10-6-3-7-11-16/h2-13,22H,1H3. The average Bonchev–Trinajstić information content (AvgIpc) is 2.57. The molecule has 3 rings (SSSR count). The molecule has 0 saturated heterocycles. The molecule has 114 valence electrons. The Hall–Kier alpha value is -3.07. The van der Waals surface area contributed by atoms with E-state index in [0.29, 0.717) is 16.9 Å². The zero-order valence-electron chi connectivity index (χ0n) is 12.7. The number of hydrogen-bond acceptors (Lipinski definition) is 3. The molecule has 0 saturated carbocycles. The topological polar surface area (TPSA) is 46.5 Å². The minimum absolute atomic E-state index is 0.165. The highest BCUT2D eigenvalue weighted by Gasteiger charge is 2.14. The fraction of sp³-hybridized carbons (Fsp3) is 0.0500. The Bertz CT molecular complexity index is 764. The Morgan fingerprint density at radius 1 is 0.826 bits per heavy atom. The van der Waals surface area contributed by atoms with E-state index >= 15 is 0 Å². The van der Waals surface area contributed by atoms with Crippen molar-refractivity contribution in [2.75, 3.05) is 0 Å². The van der Waals surface area contributed by atoms with E-state index in [1.54, 1.807) is 12.1 Å². The third kappa shape index (κ3) is 3.24. The van der Waals surface area contributed by atoms with Gasteiger partial charge in [0.2, 0.25) is 0 Å². The zero-order chi connectivity index (χ0) is 16.2. The van der Waals surface area contributed by atoms with Crippen LogP contribution in [0.1, 0.15) is 6.92 Å². The molecule has 0 fully saturated rings. The van der Waals surface area contributed by atoms with Crippen LogP contribution in [-0.2, 0) is 4.79 Å². The van der Waals surface area contributed by atoms with Gasteiger partial charge in [-0.1, -0.05) is 60.7 Å². The quantitative estimate of drug-likeness (QED) is 0.566. The molecule has 0 aliphatic rings. The second kappa shape index (κ2) is 6.36. The maximum Gasteiger partial charge on any atom is 0.308 e. The number of phenols is 1. The molecule has 0 spiro atoms. The van der Waals surface area contributed by atoms with Crippen LogP contribution in [0.3, 0.4) is 0 Å². The van der Waals surface area contributed by atoms with Crippen LogP contribution in [0.5, 0.6) is 11.5 Å². The first kappa shape index (κ1) is 14.9. The highest BCUT2D eigenvalue weighted by atomic mass is 16.5. The van der Waals surface area contributed by atoms with Crippen LogP contribution in [0.25, 0.3) is 22.3 Å². The molecular formula is C20H16O3. The van der Waals surface area contributed by atoms with Crippen LogP contribution in [0, 0.1) is 0 Å². The number of esters is 1. The van der Waals surface area contributed by atoms with Gasteiger partial charge in [0, 0.05) is 18.1 Å². The SMILES string of the molecule is CC(=O)Oc1cc(-c2ccccc2)c(O)c(-c2ccccc2)c1. The first-order valence-corrected chi connectivity index (χ1v) is 7.31. The molecule has 3 nitrogen and oxygen atoms in total. The first-order valence-electron chi connectivity index (χ1n) is 7.31. The van der Waals surface area contributed by atoms with Gasteiger partial charge in [-0.05, 0) is 23.3 Å². The molecule has 0 amide bonds. The second-order valence-electron chi connectivity index (χ2n) is 5.19. The normalized spacial score (nSPS) is 10.3. The van der Waals surface area contributed by atoms with Gasteiger partial charge >= 0.3 is 5.97 Å². The fourth-order valence-corrected chi connectivity index (χ4v) is 2.51. The molecule has 1 N–H and O–H groups in total. The Labute approximate surface area is 134 Å². The van der Waals surface area contributed by atoms with E-state index < -0.39 is 5.97 Å². The highest BCUT2D eigenvalue weighted by molar-refractivity contribution is 5.84. The van der Waals surface area contributed by atoms with Crippen molar-refractivity contribution in [1.82, 2.24) is 0 Å². The largest absolute Gasteiger partial charge is 0.507 e. The molecule has 23 heavy (non-hydrogen) atoms. The Balaban J connectivity index is 2.21. The average molecular weight is 304 g/mol. The summed E-state index contributed by atoms with van der Waals surface area (Å²) in [6, 6.07) is 22.4. The number of benzene rings is 3. The Kier molecular flexibility index (Phi) is 4.11. The summed E-state index contributed by atoms with van der Waals surface area (Å²) in [5, 5.41) is 10.7. The van der Waals surface area contributed by atoms with Crippen LogP contribution in [0.15, 0.2) is 72.8 Å². The van der Waals surface area contributed by atoms with Gasteiger partial charge in [0.25, 0.3) is 0 Å². The first-order chi connectivity index (χ1) is 11.1. The van der Waals surface area contributed by atoms with Crippen molar-refractivity contribution in [2.24, 2.45) is 0 Å². The van der Waals surface area contributed by atoms with E-state index in [2.05, 4.69) is 0 Å². The highest BCUT2D eigenvalue weighted by Crippen LogP contribution is 2.41. The molecule has 0 aliphatic heterocycles. The van der Waals surface area contributed by atoms with E-state index in [1.807, 2.05) is 60.7 Å². The zero-order valence-corrected chi connectivity index (χ0v) is 12.7. The number of phenolic OH excluding ortho intramolecular Hbond substituents is 1. The van der Waals surface area contributed by atoms with Gasteiger partial charge < -0.3 is 9.84 Å². The smallest absolute Gasteiger partial charge is 0.308 e. The molecule has 0 unspecified atom stereocenters. The Morgan fingerprint density at radius 2 is 1.26 bits per heavy atom. The molecule has 0 atom stereocenters. The molecular weight excluding hydrogens is 288 g/mol. The fourth-order valence-electron chi connectivity index (χ4n) is 2.51. The predicted molar refractivity (Wildman–Crippen MR) is 90.3 cm³/mol. The number of rotatable bonds is 3. The molecule has 0 bridgehead atoms.